The maximum absolute atomic E-state index is 14.0. The first-order chi connectivity index (χ1) is 13.8. The van der Waals surface area contributed by atoms with Crippen molar-refractivity contribution < 1.29 is 34.7 Å². The van der Waals surface area contributed by atoms with Gasteiger partial charge in [0.05, 0.1) is 24.4 Å². The molecule has 4 aliphatic carbocycles. The molecular weight excluding hydrogens is 390 g/mol. The van der Waals surface area contributed by atoms with Crippen LogP contribution in [0.5, 0.6) is 0 Å². The Hall–Kier alpha value is -0.610. The molecule has 0 aromatic carbocycles. The minimum atomic E-state index is -2.29. The van der Waals surface area contributed by atoms with E-state index in [9.17, 15) is 25.2 Å². The first kappa shape index (κ1) is 20.0. The molecule has 4 saturated carbocycles. The van der Waals surface area contributed by atoms with Gasteiger partial charge in [0.25, 0.3) is 0 Å². The number of hydrogen-bond acceptors (Lipinski definition) is 8. The molecule has 8 heteroatoms. The zero-order chi connectivity index (χ0) is 21.8. The van der Waals surface area contributed by atoms with Crippen molar-refractivity contribution in [3.63, 3.8) is 0 Å². The van der Waals surface area contributed by atoms with Crippen molar-refractivity contribution in [3.05, 3.63) is 0 Å². The van der Waals surface area contributed by atoms with Crippen LogP contribution >= 0.6 is 0 Å². The molecule has 3 saturated heterocycles. The molecule has 7 rings (SSSR count). The number of Topliss-reactive ketones (excluding diaryl/α,β-unsaturated/α-hetero) is 1. The third-order valence-corrected chi connectivity index (χ3v) is 10.5. The molecule has 168 valence electrons. The van der Waals surface area contributed by atoms with Crippen LogP contribution in [-0.2, 0) is 14.3 Å². The van der Waals surface area contributed by atoms with Crippen molar-refractivity contribution in [1.29, 1.82) is 0 Å². The van der Waals surface area contributed by atoms with Gasteiger partial charge in [-0.05, 0) is 30.1 Å². The summed E-state index contributed by atoms with van der Waals surface area (Å²) in [6.07, 6.45) is -3.40. The average molecular weight is 424 g/mol. The second kappa shape index (κ2) is 5.14. The average Bonchev–Trinajstić information content (AvgIpc) is 2.96. The lowest BCUT2D eigenvalue weighted by atomic mass is 9.36. The van der Waals surface area contributed by atoms with Crippen molar-refractivity contribution in [1.82, 2.24) is 0 Å². The monoisotopic (exact) mass is 423 g/mol. The molecule has 30 heavy (non-hydrogen) atoms. The molecule has 6 N–H and O–H groups in total. The standard InChI is InChI=1S/C22H33NO7/c1-18(2)8-5-6-9-20-7-10-29-16(20)11(23)14(25)19(3,4)12(20)15(26)22(28,30-10)21(9,13(8)24)17(18)27/h8-16,24-26,28H,5-7,23H2,1-4H3/t8-,9+,10?,11+,12-,13+,14+,15+,16+,20+,21-,22-/m1/s1. The number of hydrogen-bond donors (Lipinski definition) is 5. The third-order valence-electron chi connectivity index (χ3n) is 10.5. The van der Waals surface area contributed by atoms with E-state index in [0.29, 0.717) is 19.3 Å². The molecule has 0 amide bonds. The fourth-order valence-corrected chi connectivity index (χ4v) is 9.52. The summed E-state index contributed by atoms with van der Waals surface area (Å²) in [5, 5.41) is 46.4. The first-order valence-corrected chi connectivity index (χ1v) is 11.2. The third kappa shape index (κ3) is 1.59. The molecule has 7 fully saturated rings. The van der Waals surface area contributed by atoms with E-state index in [0.717, 1.165) is 0 Å². The Morgan fingerprint density at radius 2 is 1.70 bits per heavy atom. The van der Waals surface area contributed by atoms with Gasteiger partial charge in [-0.25, -0.2) is 0 Å². The molecular formula is C22H33NO7. The van der Waals surface area contributed by atoms with E-state index < -0.39 is 76.0 Å². The lowest BCUT2D eigenvalue weighted by Crippen LogP contribution is -2.83. The van der Waals surface area contributed by atoms with Gasteiger partial charge in [-0.2, -0.15) is 0 Å². The highest BCUT2D eigenvalue weighted by Crippen LogP contribution is 2.79. The maximum atomic E-state index is 14.0. The fourth-order valence-electron chi connectivity index (χ4n) is 9.52. The number of carbonyl (C=O) groups excluding carboxylic acids is 1. The summed E-state index contributed by atoms with van der Waals surface area (Å²) in [4.78, 5) is 14.0. The van der Waals surface area contributed by atoms with Gasteiger partial charge >= 0.3 is 0 Å². The SMILES string of the molecule is CC1(C)C(=O)[C@]23[C@@H](O)[C@H]1CC[C@H]2[C@]12CC4O[C@H]1[C@@H](N)[C@H](O)C(C)(C)[C@H]2[C@H](O)[C@@]3(O)O4. The highest BCUT2D eigenvalue weighted by molar-refractivity contribution is 5.95. The molecule has 3 heterocycles. The van der Waals surface area contributed by atoms with Crippen LogP contribution < -0.4 is 5.73 Å². The number of rotatable bonds is 0. The van der Waals surface area contributed by atoms with E-state index in [2.05, 4.69) is 0 Å². The van der Waals surface area contributed by atoms with Gasteiger partial charge in [-0.1, -0.05) is 27.7 Å². The van der Waals surface area contributed by atoms with E-state index in [4.69, 9.17) is 15.2 Å². The minimum absolute atomic E-state index is 0.242. The number of nitrogens with two attached hydrogens (primary N) is 1. The number of aliphatic hydroxyl groups excluding tert-OH is 3. The minimum Gasteiger partial charge on any atom is -0.392 e. The number of carbonyl (C=O) groups is 1. The van der Waals surface area contributed by atoms with Crippen molar-refractivity contribution in [3.8, 4) is 0 Å². The summed E-state index contributed by atoms with van der Waals surface area (Å²) in [5.74, 6) is -3.91. The lowest BCUT2D eigenvalue weighted by Gasteiger charge is -2.71. The van der Waals surface area contributed by atoms with E-state index >= 15 is 0 Å². The van der Waals surface area contributed by atoms with Crippen molar-refractivity contribution in [2.24, 2.45) is 45.1 Å². The fraction of sp³-hybridized carbons (Fsp3) is 0.955. The summed E-state index contributed by atoms with van der Waals surface area (Å²) in [5.41, 5.74) is 2.40. The summed E-state index contributed by atoms with van der Waals surface area (Å²) >= 11 is 0. The van der Waals surface area contributed by atoms with Gasteiger partial charge in [-0.15, -0.1) is 0 Å². The molecule has 1 unspecified atom stereocenters. The van der Waals surface area contributed by atoms with Crippen LogP contribution in [-0.4, -0.2) is 68.7 Å². The Morgan fingerprint density at radius 1 is 1.03 bits per heavy atom. The normalized spacial score (nSPS) is 64.2. The molecule has 5 bridgehead atoms. The largest absolute Gasteiger partial charge is 0.392 e. The van der Waals surface area contributed by atoms with Crippen LogP contribution in [0.1, 0.15) is 47.0 Å². The topological polar surface area (TPSA) is 142 Å². The summed E-state index contributed by atoms with van der Waals surface area (Å²) < 4.78 is 12.2. The zero-order valence-electron chi connectivity index (χ0n) is 17.9. The molecule has 0 aromatic rings. The first-order valence-electron chi connectivity index (χ1n) is 11.2. The molecule has 2 spiro atoms. The van der Waals surface area contributed by atoms with Crippen LogP contribution in [0.15, 0.2) is 0 Å². The Bertz CT molecular complexity index is 845. The van der Waals surface area contributed by atoms with Gasteiger partial charge < -0.3 is 35.6 Å². The van der Waals surface area contributed by atoms with Crippen molar-refractivity contribution in [2.45, 2.75) is 89.5 Å². The quantitative estimate of drug-likeness (QED) is 0.351. The van der Waals surface area contributed by atoms with Crippen LogP contribution in [0.3, 0.4) is 0 Å². The zero-order valence-corrected chi connectivity index (χ0v) is 17.9. The Kier molecular flexibility index (Phi) is 3.43. The molecule has 12 atom stereocenters. The molecule has 0 radical (unpaired) electrons. The van der Waals surface area contributed by atoms with Gasteiger partial charge in [0.15, 0.2) is 12.1 Å². The van der Waals surface area contributed by atoms with Gasteiger partial charge in [-0.3, -0.25) is 4.79 Å². The Balaban J connectivity index is 1.69. The number of ketones is 1. The summed E-state index contributed by atoms with van der Waals surface area (Å²) in [7, 11) is 0. The van der Waals surface area contributed by atoms with E-state index in [-0.39, 0.29) is 11.7 Å². The van der Waals surface area contributed by atoms with E-state index in [1.54, 1.807) is 0 Å². The van der Waals surface area contributed by atoms with E-state index in [1.807, 2.05) is 27.7 Å². The van der Waals surface area contributed by atoms with Crippen molar-refractivity contribution >= 4 is 5.78 Å². The molecule has 7 aliphatic rings. The molecule has 8 nitrogen and oxygen atoms in total. The lowest BCUT2D eigenvalue weighted by molar-refractivity contribution is -0.430. The van der Waals surface area contributed by atoms with Crippen LogP contribution in [0.4, 0.5) is 0 Å². The van der Waals surface area contributed by atoms with Gasteiger partial charge in [0, 0.05) is 23.2 Å². The summed E-state index contributed by atoms with van der Waals surface area (Å²) in [6, 6.07) is -0.724. The number of ether oxygens (including phenoxy) is 2. The van der Waals surface area contributed by atoms with Gasteiger partial charge in [0.2, 0.25) is 5.79 Å². The second-order valence-electron chi connectivity index (χ2n) is 12.0. The molecule has 0 aromatic heterocycles. The predicted molar refractivity (Wildman–Crippen MR) is 102 cm³/mol. The second-order valence-corrected chi connectivity index (χ2v) is 12.0. The van der Waals surface area contributed by atoms with Crippen LogP contribution in [0.2, 0.25) is 0 Å². The smallest absolute Gasteiger partial charge is 0.210 e. The number of aliphatic hydroxyl groups is 4. The Morgan fingerprint density at radius 3 is 2.37 bits per heavy atom. The Labute approximate surface area is 175 Å². The highest BCUT2D eigenvalue weighted by atomic mass is 16.8. The van der Waals surface area contributed by atoms with Crippen LogP contribution in [0.25, 0.3) is 0 Å². The van der Waals surface area contributed by atoms with Gasteiger partial charge in [0.1, 0.15) is 11.5 Å². The molecule has 3 aliphatic heterocycles. The summed E-state index contributed by atoms with van der Waals surface area (Å²) in [6.45, 7) is 7.34. The van der Waals surface area contributed by atoms with Crippen LogP contribution in [0, 0.1) is 39.4 Å². The maximum Gasteiger partial charge on any atom is 0.210 e. The predicted octanol–water partition coefficient (Wildman–Crippen LogP) is -0.492. The van der Waals surface area contributed by atoms with E-state index in [1.165, 1.54) is 0 Å². The number of fused-ring (bicyclic) bond motifs is 1. The highest BCUT2D eigenvalue weighted by Gasteiger charge is 2.90. The van der Waals surface area contributed by atoms with Crippen molar-refractivity contribution in [2.75, 3.05) is 0 Å².